The van der Waals surface area contributed by atoms with Crippen molar-refractivity contribution in [3.63, 3.8) is 0 Å². The molecule has 0 saturated heterocycles. The Morgan fingerprint density at radius 1 is 1.11 bits per heavy atom. The maximum Gasteiger partial charge on any atom is 0.312 e. The number of esters is 1. The quantitative estimate of drug-likeness (QED) is 0.391. The van der Waals surface area contributed by atoms with Gasteiger partial charge in [0.1, 0.15) is 6.07 Å². The third kappa shape index (κ3) is 3.98. The summed E-state index contributed by atoms with van der Waals surface area (Å²) in [6.45, 7) is 15.1. The summed E-state index contributed by atoms with van der Waals surface area (Å²) in [6, 6.07) is 2.10. The fourth-order valence-corrected chi connectivity index (χ4v) is 8.53. The number of hydrogen-bond donors (Lipinski definition) is 0. The van der Waals surface area contributed by atoms with Crippen molar-refractivity contribution >= 4 is 17.5 Å². The monoisotopic (exact) mass is 505 g/mol. The molecule has 1 unspecified atom stereocenters. The van der Waals surface area contributed by atoms with Gasteiger partial charge in [-0.2, -0.15) is 5.26 Å². The molecule has 0 radical (unpaired) electrons. The van der Waals surface area contributed by atoms with Gasteiger partial charge in [0, 0.05) is 11.8 Å². The number of rotatable bonds is 4. The number of methoxy groups -OCH3 is 1. The number of fused-ring (bicyclic) bond motifs is 3. The standard InChI is InChI=1S/C32H43NO4/c1-20-16-28(3,4)11-13-32(20,27(36)37-8)14-12-29(5)18-23(34)15-25-30(6)17-22(19-33)26(35)21(2)24(30)9-10-31(25,29)7/h15,17,20H,9-14,16,18H2,1-8H3/t20?,29-,30+,31-,32+/m1/s1. The van der Waals surface area contributed by atoms with Crippen LogP contribution in [0.2, 0.25) is 0 Å². The van der Waals surface area contributed by atoms with Crippen molar-refractivity contribution < 1.29 is 19.1 Å². The van der Waals surface area contributed by atoms with Crippen molar-refractivity contribution in [2.75, 3.05) is 7.11 Å². The zero-order chi connectivity index (χ0) is 27.6. The molecule has 5 atom stereocenters. The second-order valence-electron chi connectivity index (χ2n) is 13.8. The van der Waals surface area contributed by atoms with Gasteiger partial charge < -0.3 is 4.74 Å². The topological polar surface area (TPSA) is 84.2 Å². The largest absolute Gasteiger partial charge is 0.469 e. The van der Waals surface area contributed by atoms with E-state index in [1.54, 1.807) is 12.2 Å². The Hall–Kier alpha value is -2.48. The van der Waals surface area contributed by atoms with Crippen LogP contribution in [0.15, 0.2) is 34.4 Å². The van der Waals surface area contributed by atoms with Gasteiger partial charge in [-0.05, 0) is 110 Å². The van der Waals surface area contributed by atoms with Crippen LogP contribution in [0, 0.1) is 44.3 Å². The first-order valence-corrected chi connectivity index (χ1v) is 13.8. The lowest BCUT2D eigenvalue weighted by Gasteiger charge is -2.59. The molecule has 2 fully saturated rings. The lowest BCUT2D eigenvalue weighted by atomic mass is 9.43. The van der Waals surface area contributed by atoms with Crippen LogP contribution in [0.5, 0.6) is 0 Å². The van der Waals surface area contributed by atoms with Gasteiger partial charge in [-0.15, -0.1) is 0 Å². The second kappa shape index (κ2) is 8.79. The van der Waals surface area contributed by atoms with Crippen LogP contribution in [0.1, 0.15) is 99.8 Å². The molecule has 0 bridgehead atoms. The van der Waals surface area contributed by atoms with E-state index in [-0.39, 0.29) is 45.3 Å². The predicted molar refractivity (Wildman–Crippen MR) is 143 cm³/mol. The van der Waals surface area contributed by atoms with Crippen molar-refractivity contribution in [2.24, 2.45) is 33.0 Å². The van der Waals surface area contributed by atoms with Crippen LogP contribution in [-0.4, -0.2) is 24.6 Å². The SMILES string of the molecule is COC(=O)[C@]1(CC[C@]2(C)CC(=O)C=C3[C@@]4(C)C=C(C#N)C(=O)C(C)=C4CC[C@]32C)CCC(C)(C)CC1C. The molecule has 2 saturated carbocycles. The summed E-state index contributed by atoms with van der Waals surface area (Å²) in [4.78, 5) is 39.4. The normalized spacial score (nSPS) is 39.2. The van der Waals surface area contributed by atoms with Gasteiger partial charge in [0.15, 0.2) is 11.6 Å². The summed E-state index contributed by atoms with van der Waals surface area (Å²) < 4.78 is 5.40. The highest BCUT2D eigenvalue weighted by molar-refractivity contribution is 6.12. The minimum Gasteiger partial charge on any atom is -0.469 e. The number of nitriles is 1. The molecule has 0 aliphatic heterocycles. The van der Waals surface area contributed by atoms with Crippen molar-refractivity contribution in [2.45, 2.75) is 99.8 Å². The minimum atomic E-state index is -0.629. The molecular weight excluding hydrogens is 462 g/mol. The number of allylic oxidation sites excluding steroid dienone is 6. The van der Waals surface area contributed by atoms with Gasteiger partial charge >= 0.3 is 5.97 Å². The van der Waals surface area contributed by atoms with Gasteiger partial charge in [-0.25, -0.2) is 0 Å². The Balaban J connectivity index is 1.74. The first-order valence-electron chi connectivity index (χ1n) is 13.8. The molecule has 0 aromatic heterocycles. The van der Waals surface area contributed by atoms with Gasteiger partial charge in [0.05, 0.1) is 18.1 Å². The lowest BCUT2D eigenvalue weighted by Crippen LogP contribution is -2.52. The molecule has 5 nitrogen and oxygen atoms in total. The average molecular weight is 506 g/mol. The lowest BCUT2D eigenvalue weighted by molar-refractivity contribution is -0.163. The van der Waals surface area contributed by atoms with E-state index in [9.17, 15) is 19.6 Å². The molecule has 0 N–H and O–H groups in total. The molecule has 4 aliphatic carbocycles. The van der Waals surface area contributed by atoms with E-state index in [1.165, 1.54) is 7.11 Å². The fourth-order valence-electron chi connectivity index (χ4n) is 8.53. The number of carbonyl (C=O) groups excluding carboxylic acids is 3. The van der Waals surface area contributed by atoms with E-state index in [0.717, 1.165) is 49.7 Å². The predicted octanol–water partition coefficient (Wildman–Crippen LogP) is 6.83. The van der Waals surface area contributed by atoms with Crippen LogP contribution >= 0.6 is 0 Å². The van der Waals surface area contributed by atoms with E-state index in [0.29, 0.717) is 18.4 Å². The number of carbonyl (C=O) groups is 3. The second-order valence-corrected chi connectivity index (χ2v) is 13.8. The highest BCUT2D eigenvalue weighted by atomic mass is 16.5. The highest BCUT2D eigenvalue weighted by Crippen LogP contribution is 2.67. The molecule has 37 heavy (non-hydrogen) atoms. The van der Waals surface area contributed by atoms with Crippen LogP contribution in [0.25, 0.3) is 0 Å². The number of Topliss-reactive ketones (excluding diaryl/α,β-unsaturated/α-hetero) is 1. The summed E-state index contributed by atoms with van der Waals surface area (Å²) in [7, 11) is 1.49. The van der Waals surface area contributed by atoms with Crippen LogP contribution in [-0.2, 0) is 19.1 Å². The van der Waals surface area contributed by atoms with Gasteiger partial charge in [-0.3, -0.25) is 14.4 Å². The van der Waals surface area contributed by atoms with Crippen molar-refractivity contribution in [3.8, 4) is 6.07 Å². The number of nitrogens with zero attached hydrogens (tertiary/aromatic N) is 1. The molecule has 0 amide bonds. The van der Waals surface area contributed by atoms with Crippen LogP contribution in [0.4, 0.5) is 0 Å². The Labute approximate surface area is 222 Å². The Morgan fingerprint density at radius 2 is 1.78 bits per heavy atom. The molecule has 0 aromatic carbocycles. The highest BCUT2D eigenvalue weighted by Gasteiger charge is 2.59. The Kier molecular flexibility index (Phi) is 6.54. The smallest absolute Gasteiger partial charge is 0.312 e. The summed E-state index contributed by atoms with van der Waals surface area (Å²) >= 11 is 0. The fraction of sp³-hybridized carbons (Fsp3) is 0.688. The van der Waals surface area contributed by atoms with Crippen molar-refractivity contribution in [3.05, 3.63) is 34.4 Å². The van der Waals surface area contributed by atoms with E-state index >= 15 is 0 Å². The third-order valence-electron chi connectivity index (χ3n) is 11.2. The molecule has 0 spiro atoms. The van der Waals surface area contributed by atoms with Gasteiger partial charge in [0.25, 0.3) is 0 Å². The molecule has 4 aliphatic rings. The first-order chi connectivity index (χ1) is 17.1. The van der Waals surface area contributed by atoms with E-state index in [4.69, 9.17) is 4.74 Å². The molecule has 0 aromatic rings. The first kappa shape index (κ1) is 27.6. The summed E-state index contributed by atoms with van der Waals surface area (Å²) in [6.07, 6.45) is 9.83. The summed E-state index contributed by atoms with van der Waals surface area (Å²) in [5.74, 6) is -0.0332. The average Bonchev–Trinajstić information content (AvgIpc) is 2.82. The molecule has 200 valence electrons. The minimum absolute atomic E-state index is 0.0869. The maximum atomic E-state index is 13.3. The van der Waals surface area contributed by atoms with Gasteiger partial charge in [-0.1, -0.05) is 34.6 Å². The van der Waals surface area contributed by atoms with Crippen molar-refractivity contribution in [1.82, 2.24) is 0 Å². The van der Waals surface area contributed by atoms with E-state index in [1.807, 2.05) is 6.92 Å². The maximum absolute atomic E-state index is 13.3. The van der Waals surface area contributed by atoms with Gasteiger partial charge in [0.2, 0.25) is 0 Å². The van der Waals surface area contributed by atoms with Crippen LogP contribution in [0.3, 0.4) is 0 Å². The summed E-state index contributed by atoms with van der Waals surface area (Å²) in [5, 5.41) is 9.70. The number of hydrogen-bond acceptors (Lipinski definition) is 5. The Morgan fingerprint density at radius 3 is 2.38 bits per heavy atom. The van der Waals surface area contributed by atoms with Crippen LogP contribution < -0.4 is 0 Å². The zero-order valence-corrected chi connectivity index (χ0v) is 24.0. The van der Waals surface area contributed by atoms with E-state index < -0.39 is 10.8 Å². The molecule has 0 heterocycles. The summed E-state index contributed by atoms with van der Waals surface area (Å²) in [5.41, 5.74) is 1.23. The molecular formula is C32H43NO4. The number of ether oxygens (including phenoxy) is 1. The zero-order valence-electron chi connectivity index (χ0n) is 24.0. The molecule has 5 heteroatoms. The Bertz CT molecular complexity index is 1200. The molecule has 4 rings (SSSR count). The van der Waals surface area contributed by atoms with Crippen molar-refractivity contribution in [1.29, 1.82) is 5.26 Å². The third-order valence-corrected chi connectivity index (χ3v) is 11.2. The van der Waals surface area contributed by atoms with E-state index in [2.05, 4.69) is 47.6 Å². The number of ketones is 2.